The van der Waals surface area contributed by atoms with Crippen LogP contribution in [-0.4, -0.2) is 39.3 Å². The molecule has 1 aliphatic rings. The van der Waals surface area contributed by atoms with Crippen molar-refractivity contribution in [1.82, 2.24) is 20.1 Å². The lowest BCUT2D eigenvalue weighted by Gasteiger charge is -2.10. The van der Waals surface area contributed by atoms with Gasteiger partial charge in [0.05, 0.1) is 11.6 Å². The summed E-state index contributed by atoms with van der Waals surface area (Å²) in [6.45, 7) is 0.479. The molecule has 112 valence electrons. The van der Waals surface area contributed by atoms with Crippen LogP contribution in [-0.2, 0) is 16.0 Å². The van der Waals surface area contributed by atoms with Gasteiger partial charge in [-0.3, -0.25) is 9.59 Å². The van der Waals surface area contributed by atoms with Crippen molar-refractivity contribution in [2.45, 2.75) is 6.42 Å². The first-order chi connectivity index (χ1) is 10.7. The van der Waals surface area contributed by atoms with E-state index in [1.165, 1.54) is 23.6 Å². The van der Waals surface area contributed by atoms with Crippen LogP contribution in [0.2, 0.25) is 0 Å². The molecule has 3 heterocycles. The van der Waals surface area contributed by atoms with Crippen LogP contribution in [0.15, 0.2) is 41.0 Å². The molecule has 0 aromatic carbocycles. The lowest BCUT2D eigenvalue weighted by Crippen LogP contribution is -2.33. The molecule has 0 spiro atoms. The molecule has 0 saturated heterocycles. The third-order valence-corrected chi connectivity index (χ3v) is 3.91. The van der Waals surface area contributed by atoms with Gasteiger partial charge in [-0.05, 0) is 6.07 Å². The minimum Gasteiger partial charge on any atom is -0.355 e. The van der Waals surface area contributed by atoms with Gasteiger partial charge in [-0.15, -0.1) is 11.3 Å². The van der Waals surface area contributed by atoms with Gasteiger partial charge in [0.1, 0.15) is 0 Å². The molecule has 3 rings (SSSR count). The lowest BCUT2D eigenvalue weighted by molar-refractivity contribution is -0.121. The smallest absolute Gasteiger partial charge is 0.269 e. The number of carbonyl (C=O) groups is 2. The summed E-state index contributed by atoms with van der Waals surface area (Å²) in [6.07, 6.45) is 8.38. The van der Waals surface area contributed by atoms with Crippen molar-refractivity contribution in [3.8, 4) is 5.13 Å². The zero-order chi connectivity index (χ0) is 15.4. The number of aliphatic imine (C=N–C) groups is 1. The van der Waals surface area contributed by atoms with Crippen LogP contribution < -0.4 is 5.32 Å². The van der Waals surface area contributed by atoms with Crippen molar-refractivity contribution < 1.29 is 9.59 Å². The molecule has 0 fully saturated rings. The van der Waals surface area contributed by atoms with Crippen molar-refractivity contribution >= 4 is 29.4 Å². The van der Waals surface area contributed by atoms with E-state index in [9.17, 15) is 9.59 Å². The van der Waals surface area contributed by atoms with Crippen LogP contribution in [0.4, 0.5) is 0 Å². The van der Waals surface area contributed by atoms with Crippen molar-refractivity contribution in [2.75, 3.05) is 6.54 Å². The van der Waals surface area contributed by atoms with Crippen LogP contribution in [0.5, 0.6) is 0 Å². The van der Waals surface area contributed by atoms with E-state index < -0.39 is 5.92 Å². The maximum absolute atomic E-state index is 11.9. The predicted molar refractivity (Wildman–Crippen MR) is 82.1 cm³/mol. The number of hydrogen-bond donors (Lipinski definition) is 1. The van der Waals surface area contributed by atoms with Gasteiger partial charge in [0.25, 0.3) is 5.91 Å². The van der Waals surface area contributed by atoms with E-state index in [2.05, 4.69) is 20.4 Å². The number of hydrogen-bond acceptors (Lipinski definition) is 5. The highest BCUT2D eigenvalue weighted by Crippen LogP contribution is 2.14. The number of rotatable bonds is 5. The first kappa shape index (κ1) is 14.3. The van der Waals surface area contributed by atoms with Crippen molar-refractivity contribution in [3.63, 3.8) is 0 Å². The van der Waals surface area contributed by atoms with Gasteiger partial charge in [-0.25, -0.2) is 14.7 Å². The van der Waals surface area contributed by atoms with Crippen molar-refractivity contribution in [3.05, 3.63) is 41.7 Å². The Labute approximate surface area is 130 Å². The quantitative estimate of drug-likeness (QED) is 0.882. The largest absolute Gasteiger partial charge is 0.355 e. The van der Waals surface area contributed by atoms with Gasteiger partial charge in [0.15, 0.2) is 0 Å². The third kappa shape index (κ3) is 3.34. The minimum absolute atomic E-state index is 0.171. The van der Waals surface area contributed by atoms with Gasteiger partial charge in [0, 0.05) is 43.0 Å². The fourth-order valence-corrected chi connectivity index (χ4v) is 2.72. The lowest BCUT2D eigenvalue weighted by atomic mass is 10.1. The molecular formula is C14H13N5O2S. The standard InChI is InChI=1S/C14H13N5O2S/c20-12-3-2-10(8-16-12)13(21)15-6-4-11-9-22-14(18-11)19-7-1-5-17-19/h1-3,5,7-10H,4,6H2,(H,15,21). The van der Waals surface area contributed by atoms with E-state index in [-0.39, 0.29) is 11.8 Å². The highest BCUT2D eigenvalue weighted by atomic mass is 32.1. The van der Waals surface area contributed by atoms with Crippen molar-refractivity contribution in [2.24, 2.45) is 10.9 Å². The summed E-state index contributed by atoms with van der Waals surface area (Å²) in [5.41, 5.74) is 0.902. The summed E-state index contributed by atoms with van der Waals surface area (Å²) in [5, 5.41) is 9.68. The van der Waals surface area contributed by atoms with Gasteiger partial charge >= 0.3 is 0 Å². The molecule has 2 aromatic heterocycles. The number of carbonyl (C=O) groups excluding carboxylic acids is 2. The van der Waals surface area contributed by atoms with Gasteiger partial charge in [-0.1, -0.05) is 6.08 Å². The molecule has 1 N–H and O–H groups in total. The average molecular weight is 315 g/mol. The molecule has 2 amide bonds. The molecule has 0 saturated carbocycles. The molecule has 2 aromatic rings. The fourth-order valence-electron chi connectivity index (χ4n) is 1.92. The van der Waals surface area contributed by atoms with E-state index in [1.54, 1.807) is 17.0 Å². The molecule has 1 unspecified atom stereocenters. The number of nitrogens with zero attached hydrogens (tertiary/aromatic N) is 4. The minimum atomic E-state index is -0.479. The van der Waals surface area contributed by atoms with E-state index in [0.717, 1.165) is 10.8 Å². The predicted octanol–water partition coefficient (Wildman–Crippen LogP) is 0.771. The molecule has 0 bridgehead atoms. The zero-order valence-corrected chi connectivity index (χ0v) is 12.4. The third-order valence-electron chi connectivity index (χ3n) is 3.03. The van der Waals surface area contributed by atoms with Gasteiger partial charge in [-0.2, -0.15) is 5.10 Å². The summed E-state index contributed by atoms with van der Waals surface area (Å²) < 4.78 is 1.70. The van der Waals surface area contributed by atoms with Crippen LogP contribution in [0.25, 0.3) is 5.13 Å². The molecule has 1 aliphatic heterocycles. The highest BCUT2D eigenvalue weighted by Gasteiger charge is 2.16. The Hall–Kier alpha value is -2.61. The van der Waals surface area contributed by atoms with Crippen molar-refractivity contribution in [1.29, 1.82) is 0 Å². The first-order valence-corrected chi connectivity index (χ1v) is 7.59. The number of amides is 2. The molecule has 8 heteroatoms. The molecular weight excluding hydrogens is 302 g/mol. The number of dihydropyridines is 1. The summed E-state index contributed by atoms with van der Waals surface area (Å²) in [6, 6.07) is 1.84. The van der Waals surface area contributed by atoms with Gasteiger partial charge in [0.2, 0.25) is 11.0 Å². The normalized spacial score (nSPS) is 16.9. The Kier molecular flexibility index (Phi) is 4.19. The van der Waals surface area contributed by atoms with Crippen LogP contribution in [0, 0.1) is 5.92 Å². The molecule has 1 atom stereocenters. The Morgan fingerprint density at radius 3 is 3.09 bits per heavy atom. The molecule has 22 heavy (non-hydrogen) atoms. The number of nitrogens with one attached hydrogen (secondary N) is 1. The monoisotopic (exact) mass is 315 g/mol. The molecule has 0 radical (unpaired) electrons. The topological polar surface area (TPSA) is 89.2 Å². The van der Waals surface area contributed by atoms with E-state index >= 15 is 0 Å². The van der Waals surface area contributed by atoms with Crippen LogP contribution in [0.3, 0.4) is 0 Å². The van der Waals surface area contributed by atoms with E-state index in [4.69, 9.17) is 0 Å². The van der Waals surface area contributed by atoms with E-state index in [0.29, 0.717) is 13.0 Å². The Morgan fingerprint density at radius 1 is 1.45 bits per heavy atom. The Balaban J connectivity index is 1.49. The van der Waals surface area contributed by atoms with Gasteiger partial charge < -0.3 is 5.32 Å². The molecule has 0 aliphatic carbocycles. The highest BCUT2D eigenvalue weighted by molar-refractivity contribution is 7.12. The van der Waals surface area contributed by atoms with Crippen LogP contribution >= 0.6 is 11.3 Å². The zero-order valence-electron chi connectivity index (χ0n) is 11.5. The maximum atomic E-state index is 11.9. The summed E-state index contributed by atoms with van der Waals surface area (Å²) >= 11 is 1.50. The maximum Gasteiger partial charge on any atom is 0.269 e. The SMILES string of the molecule is O=C1C=CC(C(=O)NCCc2csc(-n3cccn3)n2)C=N1. The number of thiazole rings is 1. The second kappa shape index (κ2) is 6.44. The second-order valence-corrected chi connectivity index (χ2v) is 5.45. The first-order valence-electron chi connectivity index (χ1n) is 6.71. The average Bonchev–Trinajstić information content (AvgIpc) is 3.19. The Morgan fingerprint density at radius 2 is 2.36 bits per heavy atom. The Bertz CT molecular complexity index is 716. The summed E-state index contributed by atoms with van der Waals surface area (Å²) in [7, 11) is 0. The molecule has 7 nitrogen and oxygen atoms in total. The second-order valence-electron chi connectivity index (χ2n) is 4.61. The fraction of sp³-hybridized carbons (Fsp3) is 0.214. The number of aromatic nitrogens is 3. The summed E-state index contributed by atoms with van der Waals surface area (Å²) in [5.74, 6) is -0.986. The van der Waals surface area contributed by atoms with E-state index in [1.807, 2.05) is 17.6 Å². The summed E-state index contributed by atoms with van der Waals surface area (Å²) in [4.78, 5) is 30.8. The van der Waals surface area contributed by atoms with Crippen LogP contribution in [0.1, 0.15) is 5.69 Å².